The Balaban J connectivity index is 2.41. The summed E-state index contributed by atoms with van der Waals surface area (Å²) in [7, 11) is 0. The first-order chi connectivity index (χ1) is 8.99. The fraction of sp³-hybridized carbons (Fsp3) is 0.600. The predicted molar refractivity (Wildman–Crippen MR) is 77.8 cm³/mol. The minimum absolute atomic E-state index is 0.0897. The second kappa shape index (κ2) is 7.89. The van der Waals surface area contributed by atoms with Crippen molar-refractivity contribution >= 4 is 5.69 Å². The van der Waals surface area contributed by atoms with E-state index in [0.29, 0.717) is 30.6 Å². The molecule has 2 N–H and O–H groups in total. The van der Waals surface area contributed by atoms with E-state index in [1.54, 1.807) is 6.07 Å². The Morgan fingerprint density at radius 1 is 1.11 bits per heavy atom. The van der Waals surface area contributed by atoms with Crippen molar-refractivity contribution in [1.29, 1.82) is 0 Å². The Labute approximate surface area is 115 Å². The van der Waals surface area contributed by atoms with Crippen molar-refractivity contribution in [3.8, 4) is 11.5 Å². The van der Waals surface area contributed by atoms with Crippen LogP contribution in [0.2, 0.25) is 0 Å². The van der Waals surface area contributed by atoms with Crippen LogP contribution in [0.1, 0.15) is 27.7 Å². The lowest BCUT2D eigenvalue weighted by atomic mass is 10.2. The smallest absolute Gasteiger partial charge is 0.146 e. The molecule has 0 amide bonds. The SMILES string of the molecule is CC(C)COCCOc1ccc(N)c(OC(C)C)c1. The fourth-order valence-corrected chi connectivity index (χ4v) is 1.50. The van der Waals surface area contributed by atoms with Gasteiger partial charge in [-0.15, -0.1) is 0 Å². The van der Waals surface area contributed by atoms with Crippen LogP contribution in [0.3, 0.4) is 0 Å². The molecule has 1 rings (SSSR count). The molecular formula is C15H25NO3. The maximum Gasteiger partial charge on any atom is 0.146 e. The van der Waals surface area contributed by atoms with E-state index >= 15 is 0 Å². The molecule has 108 valence electrons. The monoisotopic (exact) mass is 267 g/mol. The highest BCUT2D eigenvalue weighted by Crippen LogP contribution is 2.27. The predicted octanol–water partition coefficient (Wildman–Crippen LogP) is 3.11. The van der Waals surface area contributed by atoms with Gasteiger partial charge in [-0.1, -0.05) is 13.8 Å². The molecule has 0 saturated carbocycles. The standard InChI is InChI=1S/C15H25NO3/c1-11(2)10-17-7-8-18-13-5-6-14(16)15(9-13)19-12(3)4/h5-6,9,11-12H,7-8,10,16H2,1-4H3. The molecule has 0 unspecified atom stereocenters. The van der Waals surface area contributed by atoms with E-state index in [9.17, 15) is 0 Å². The van der Waals surface area contributed by atoms with E-state index in [2.05, 4.69) is 13.8 Å². The summed E-state index contributed by atoms with van der Waals surface area (Å²) in [5.74, 6) is 1.95. The van der Waals surface area contributed by atoms with E-state index in [1.165, 1.54) is 0 Å². The summed E-state index contributed by atoms with van der Waals surface area (Å²) in [4.78, 5) is 0. The van der Waals surface area contributed by atoms with Crippen molar-refractivity contribution in [1.82, 2.24) is 0 Å². The van der Waals surface area contributed by atoms with Crippen LogP contribution in [0.5, 0.6) is 11.5 Å². The maximum absolute atomic E-state index is 5.84. The highest BCUT2D eigenvalue weighted by Gasteiger charge is 2.05. The lowest BCUT2D eigenvalue weighted by Gasteiger charge is -2.14. The lowest BCUT2D eigenvalue weighted by molar-refractivity contribution is 0.0818. The number of anilines is 1. The summed E-state index contributed by atoms with van der Waals surface area (Å²) in [5.41, 5.74) is 6.46. The fourth-order valence-electron chi connectivity index (χ4n) is 1.50. The largest absolute Gasteiger partial charge is 0.491 e. The van der Waals surface area contributed by atoms with Crippen molar-refractivity contribution in [2.75, 3.05) is 25.6 Å². The summed E-state index contributed by atoms with van der Waals surface area (Å²) in [6, 6.07) is 5.45. The van der Waals surface area contributed by atoms with Crippen LogP contribution in [-0.4, -0.2) is 25.9 Å². The first-order valence-electron chi connectivity index (χ1n) is 6.75. The van der Waals surface area contributed by atoms with Gasteiger partial charge in [0, 0.05) is 12.7 Å². The molecule has 0 aliphatic heterocycles. The second-order valence-electron chi connectivity index (χ2n) is 5.18. The molecule has 0 heterocycles. The van der Waals surface area contributed by atoms with Gasteiger partial charge < -0.3 is 19.9 Å². The van der Waals surface area contributed by atoms with Gasteiger partial charge in [0.25, 0.3) is 0 Å². The van der Waals surface area contributed by atoms with Crippen LogP contribution in [0.25, 0.3) is 0 Å². The number of hydrogen-bond acceptors (Lipinski definition) is 4. The van der Waals surface area contributed by atoms with Gasteiger partial charge in [0.1, 0.15) is 18.1 Å². The van der Waals surface area contributed by atoms with Crippen LogP contribution in [-0.2, 0) is 4.74 Å². The lowest BCUT2D eigenvalue weighted by Crippen LogP contribution is -2.11. The highest BCUT2D eigenvalue weighted by molar-refractivity contribution is 5.55. The zero-order chi connectivity index (χ0) is 14.3. The summed E-state index contributed by atoms with van der Waals surface area (Å²) < 4.78 is 16.7. The molecule has 1 aromatic rings. The second-order valence-corrected chi connectivity index (χ2v) is 5.18. The van der Waals surface area contributed by atoms with Crippen molar-refractivity contribution in [3.63, 3.8) is 0 Å². The van der Waals surface area contributed by atoms with E-state index in [0.717, 1.165) is 12.4 Å². The molecule has 0 aromatic heterocycles. The first-order valence-corrected chi connectivity index (χ1v) is 6.75. The Morgan fingerprint density at radius 3 is 2.47 bits per heavy atom. The summed E-state index contributed by atoms with van der Waals surface area (Å²) in [6.45, 7) is 10.0. The van der Waals surface area contributed by atoms with E-state index < -0.39 is 0 Å². The molecule has 0 aliphatic carbocycles. The Hall–Kier alpha value is -1.42. The topological polar surface area (TPSA) is 53.7 Å². The minimum atomic E-state index is 0.0897. The zero-order valence-electron chi connectivity index (χ0n) is 12.3. The van der Waals surface area contributed by atoms with Gasteiger partial charge in [-0.3, -0.25) is 0 Å². The Kier molecular flexibility index (Phi) is 6.50. The normalized spacial score (nSPS) is 11.1. The van der Waals surface area contributed by atoms with Gasteiger partial charge in [-0.25, -0.2) is 0 Å². The summed E-state index contributed by atoms with van der Waals surface area (Å²) in [6.07, 6.45) is 0.0897. The van der Waals surface area contributed by atoms with Gasteiger partial charge in [-0.2, -0.15) is 0 Å². The number of rotatable bonds is 8. The number of nitrogen functional groups attached to an aromatic ring is 1. The summed E-state index contributed by atoms with van der Waals surface area (Å²) in [5, 5.41) is 0. The molecule has 0 saturated heterocycles. The van der Waals surface area contributed by atoms with Gasteiger partial charge in [0.2, 0.25) is 0 Å². The first kappa shape index (κ1) is 15.6. The number of benzene rings is 1. The third-order valence-corrected chi connectivity index (χ3v) is 2.30. The Morgan fingerprint density at radius 2 is 1.84 bits per heavy atom. The maximum atomic E-state index is 5.84. The van der Waals surface area contributed by atoms with Crippen molar-refractivity contribution in [2.24, 2.45) is 5.92 Å². The van der Waals surface area contributed by atoms with Crippen molar-refractivity contribution in [3.05, 3.63) is 18.2 Å². The minimum Gasteiger partial charge on any atom is -0.491 e. The quantitative estimate of drug-likeness (QED) is 0.581. The number of hydrogen-bond donors (Lipinski definition) is 1. The molecule has 1 aromatic carbocycles. The number of nitrogens with two attached hydrogens (primary N) is 1. The molecule has 4 nitrogen and oxygen atoms in total. The van der Waals surface area contributed by atoms with Gasteiger partial charge in [0.05, 0.1) is 18.4 Å². The van der Waals surface area contributed by atoms with Crippen LogP contribution < -0.4 is 15.2 Å². The Bertz CT molecular complexity index is 378. The average molecular weight is 267 g/mol. The molecule has 4 heteroatoms. The van der Waals surface area contributed by atoms with Crippen LogP contribution >= 0.6 is 0 Å². The molecule has 0 bridgehead atoms. The van der Waals surface area contributed by atoms with Gasteiger partial charge in [-0.05, 0) is 31.9 Å². The highest BCUT2D eigenvalue weighted by atomic mass is 16.5. The van der Waals surface area contributed by atoms with Crippen LogP contribution in [0, 0.1) is 5.92 Å². The van der Waals surface area contributed by atoms with E-state index in [1.807, 2.05) is 26.0 Å². The van der Waals surface area contributed by atoms with Crippen LogP contribution in [0.15, 0.2) is 18.2 Å². The van der Waals surface area contributed by atoms with Crippen molar-refractivity contribution in [2.45, 2.75) is 33.8 Å². The van der Waals surface area contributed by atoms with Gasteiger partial charge >= 0.3 is 0 Å². The molecular weight excluding hydrogens is 242 g/mol. The number of ether oxygens (including phenoxy) is 3. The molecule has 0 aliphatic rings. The summed E-state index contributed by atoms with van der Waals surface area (Å²) >= 11 is 0. The van der Waals surface area contributed by atoms with Gasteiger partial charge in [0.15, 0.2) is 0 Å². The molecule has 0 fully saturated rings. The average Bonchev–Trinajstić information content (AvgIpc) is 2.31. The van der Waals surface area contributed by atoms with Crippen molar-refractivity contribution < 1.29 is 14.2 Å². The molecule has 0 spiro atoms. The molecule has 0 radical (unpaired) electrons. The molecule has 19 heavy (non-hydrogen) atoms. The van der Waals surface area contributed by atoms with E-state index in [4.69, 9.17) is 19.9 Å². The van der Waals surface area contributed by atoms with E-state index in [-0.39, 0.29) is 6.10 Å². The van der Waals surface area contributed by atoms with Crippen LogP contribution in [0.4, 0.5) is 5.69 Å². The third-order valence-electron chi connectivity index (χ3n) is 2.30. The molecule has 0 atom stereocenters. The zero-order valence-corrected chi connectivity index (χ0v) is 12.3. The third kappa shape index (κ3) is 6.34.